The molecule has 0 spiro atoms. The van der Waals surface area contributed by atoms with E-state index in [2.05, 4.69) is 10.0 Å². The van der Waals surface area contributed by atoms with Gasteiger partial charge in [0.1, 0.15) is 5.76 Å². The lowest BCUT2D eigenvalue weighted by Crippen LogP contribution is -2.51. The number of nitrogens with one attached hydrogen (secondary N) is 2. The molecule has 1 aromatic heterocycles. The maximum Gasteiger partial charge on any atom is 0.317 e. The number of likely N-dealkylation sites (tertiary alicyclic amines) is 1. The number of hydrogen-bond acceptors (Lipinski definition) is 4. The summed E-state index contributed by atoms with van der Waals surface area (Å²) in [6, 6.07) is 3.12. The van der Waals surface area contributed by atoms with Crippen LogP contribution in [0, 0.1) is 0 Å². The van der Waals surface area contributed by atoms with Crippen LogP contribution in [0.4, 0.5) is 4.79 Å². The topological polar surface area (TPSA) is 91.7 Å². The Labute approximate surface area is 118 Å². The van der Waals surface area contributed by atoms with Crippen molar-refractivity contribution in [3.8, 4) is 0 Å². The first-order valence-electron chi connectivity index (χ1n) is 6.46. The summed E-state index contributed by atoms with van der Waals surface area (Å²) < 4.78 is 30.1. The minimum atomic E-state index is -3.24. The summed E-state index contributed by atoms with van der Waals surface area (Å²) in [4.78, 5) is 13.6. The number of furan rings is 1. The van der Waals surface area contributed by atoms with Gasteiger partial charge in [-0.1, -0.05) is 0 Å². The molecule has 112 valence electrons. The Morgan fingerprint density at radius 1 is 1.55 bits per heavy atom. The first-order chi connectivity index (χ1) is 9.44. The molecule has 1 aliphatic heterocycles. The summed E-state index contributed by atoms with van der Waals surface area (Å²) in [5.41, 5.74) is 0. The van der Waals surface area contributed by atoms with Crippen LogP contribution < -0.4 is 10.0 Å². The van der Waals surface area contributed by atoms with E-state index in [1.54, 1.807) is 23.3 Å². The molecular formula is C12H19N3O4S. The van der Waals surface area contributed by atoms with Crippen molar-refractivity contribution in [2.45, 2.75) is 25.4 Å². The van der Waals surface area contributed by atoms with Crippen molar-refractivity contribution in [3.63, 3.8) is 0 Å². The van der Waals surface area contributed by atoms with Gasteiger partial charge in [0, 0.05) is 19.1 Å². The van der Waals surface area contributed by atoms with Crippen molar-refractivity contribution in [1.29, 1.82) is 0 Å². The third-order valence-electron chi connectivity index (χ3n) is 3.08. The van der Waals surface area contributed by atoms with Crippen molar-refractivity contribution < 1.29 is 17.6 Å². The lowest BCUT2D eigenvalue weighted by Gasteiger charge is -2.32. The molecule has 1 atom stereocenters. The van der Waals surface area contributed by atoms with Gasteiger partial charge >= 0.3 is 6.03 Å². The zero-order valence-corrected chi connectivity index (χ0v) is 12.1. The number of carbonyl (C=O) groups is 1. The van der Waals surface area contributed by atoms with Crippen LogP contribution in [0.3, 0.4) is 0 Å². The highest BCUT2D eigenvalue weighted by Crippen LogP contribution is 2.11. The van der Waals surface area contributed by atoms with E-state index in [-0.39, 0.29) is 12.1 Å². The molecule has 8 heteroatoms. The number of amides is 2. The van der Waals surface area contributed by atoms with Crippen molar-refractivity contribution in [2.75, 3.05) is 19.3 Å². The highest BCUT2D eigenvalue weighted by atomic mass is 32.2. The highest BCUT2D eigenvalue weighted by Gasteiger charge is 2.25. The SMILES string of the molecule is CS(=O)(=O)N[C@H]1CCCN(C(=O)NCc2ccco2)C1. The first-order valence-corrected chi connectivity index (χ1v) is 8.35. The number of carbonyl (C=O) groups excluding carboxylic acids is 1. The highest BCUT2D eigenvalue weighted by molar-refractivity contribution is 7.88. The Morgan fingerprint density at radius 2 is 2.35 bits per heavy atom. The lowest BCUT2D eigenvalue weighted by atomic mass is 10.1. The van der Waals surface area contributed by atoms with E-state index >= 15 is 0 Å². The van der Waals surface area contributed by atoms with Crippen molar-refractivity contribution in [2.24, 2.45) is 0 Å². The monoisotopic (exact) mass is 301 g/mol. The first kappa shape index (κ1) is 14.9. The van der Waals surface area contributed by atoms with Gasteiger partial charge in [0.15, 0.2) is 0 Å². The van der Waals surface area contributed by atoms with Crippen LogP contribution in [-0.2, 0) is 16.6 Å². The van der Waals surface area contributed by atoms with Crippen LogP contribution in [0.5, 0.6) is 0 Å². The second kappa shape index (κ2) is 6.27. The number of hydrogen-bond donors (Lipinski definition) is 2. The van der Waals surface area contributed by atoms with Crippen LogP contribution in [-0.4, -0.2) is 44.7 Å². The van der Waals surface area contributed by atoms with E-state index in [1.807, 2.05) is 0 Å². The molecule has 2 amide bonds. The van der Waals surface area contributed by atoms with Gasteiger partial charge in [-0.25, -0.2) is 17.9 Å². The van der Waals surface area contributed by atoms with Crippen LogP contribution in [0.15, 0.2) is 22.8 Å². The fraction of sp³-hybridized carbons (Fsp3) is 0.583. The standard InChI is InChI=1S/C12H19N3O4S/c1-20(17,18)14-10-4-2-6-15(9-10)12(16)13-8-11-5-3-7-19-11/h3,5,7,10,14H,2,4,6,8-9H2,1H3,(H,13,16)/t10-/m0/s1. The zero-order chi connectivity index (χ0) is 14.6. The molecule has 2 N–H and O–H groups in total. The average molecular weight is 301 g/mol. The third-order valence-corrected chi connectivity index (χ3v) is 3.84. The van der Waals surface area contributed by atoms with Gasteiger partial charge in [-0.2, -0.15) is 0 Å². The van der Waals surface area contributed by atoms with Crippen molar-refractivity contribution in [3.05, 3.63) is 24.2 Å². The van der Waals surface area contributed by atoms with Gasteiger partial charge in [0.05, 0.1) is 19.1 Å². The summed E-state index contributed by atoms with van der Waals surface area (Å²) in [6.07, 6.45) is 4.20. The summed E-state index contributed by atoms with van der Waals surface area (Å²) >= 11 is 0. The van der Waals surface area contributed by atoms with E-state index in [9.17, 15) is 13.2 Å². The Bertz CT molecular complexity index is 541. The molecule has 1 aliphatic rings. The maximum absolute atomic E-state index is 12.0. The molecular weight excluding hydrogens is 282 g/mol. The second-order valence-corrected chi connectivity index (χ2v) is 6.69. The molecule has 2 rings (SSSR count). The van der Waals surface area contributed by atoms with Gasteiger partial charge in [-0.3, -0.25) is 0 Å². The van der Waals surface area contributed by atoms with E-state index in [0.29, 0.717) is 25.4 Å². The number of urea groups is 1. The van der Waals surface area contributed by atoms with Crippen LogP contribution >= 0.6 is 0 Å². The Hall–Kier alpha value is -1.54. The van der Waals surface area contributed by atoms with Crippen molar-refractivity contribution in [1.82, 2.24) is 14.9 Å². The molecule has 0 radical (unpaired) electrons. The lowest BCUT2D eigenvalue weighted by molar-refractivity contribution is 0.176. The predicted octanol–water partition coefficient (Wildman–Crippen LogP) is 0.503. The number of rotatable bonds is 4. The van der Waals surface area contributed by atoms with Gasteiger partial charge in [0.2, 0.25) is 10.0 Å². The van der Waals surface area contributed by atoms with Gasteiger partial charge < -0.3 is 14.6 Å². The fourth-order valence-corrected chi connectivity index (χ4v) is 3.05. The molecule has 0 bridgehead atoms. The summed E-state index contributed by atoms with van der Waals surface area (Å²) in [5.74, 6) is 0.682. The Morgan fingerprint density at radius 3 is 3.00 bits per heavy atom. The molecule has 0 unspecified atom stereocenters. The molecule has 1 aromatic rings. The fourth-order valence-electron chi connectivity index (χ4n) is 2.25. The van der Waals surface area contributed by atoms with E-state index < -0.39 is 10.0 Å². The number of nitrogens with zero attached hydrogens (tertiary/aromatic N) is 1. The van der Waals surface area contributed by atoms with Crippen LogP contribution in [0.2, 0.25) is 0 Å². The Kier molecular flexibility index (Phi) is 4.66. The number of sulfonamides is 1. The summed E-state index contributed by atoms with van der Waals surface area (Å²) in [5, 5.41) is 2.75. The molecule has 1 saturated heterocycles. The zero-order valence-electron chi connectivity index (χ0n) is 11.3. The number of piperidine rings is 1. The molecule has 0 aromatic carbocycles. The minimum absolute atomic E-state index is 0.207. The van der Waals surface area contributed by atoms with Gasteiger partial charge in [0.25, 0.3) is 0 Å². The molecule has 2 heterocycles. The largest absolute Gasteiger partial charge is 0.467 e. The minimum Gasteiger partial charge on any atom is -0.467 e. The van der Waals surface area contributed by atoms with E-state index in [4.69, 9.17) is 4.42 Å². The van der Waals surface area contributed by atoms with Crippen molar-refractivity contribution >= 4 is 16.1 Å². The van der Waals surface area contributed by atoms with E-state index in [1.165, 1.54) is 0 Å². The summed E-state index contributed by atoms with van der Waals surface area (Å²) in [6.45, 7) is 1.34. The predicted molar refractivity (Wildman–Crippen MR) is 73.5 cm³/mol. The van der Waals surface area contributed by atoms with Crippen LogP contribution in [0.25, 0.3) is 0 Å². The van der Waals surface area contributed by atoms with Crippen LogP contribution in [0.1, 0.15) is 18.6 Å². The molecule has 7 nitrogen and oxygen atoms in total. The van der Waals surface area contributed by atoms with Gasteiger partial charge in [-0.15, -0.1) is 0 Å². The molecule has 1 fully saturated rings. The molecule has 20 heavy (non-hydrogen) atoms. The molecule has 0 aliphatic carbocycles. The quantitative estimate of drug-likeness (QED) is 0.847. The van der Waals surface area contributed by atoms with E-state index in [0.717, 1.165) is 19.1 Å². The average Bonchev–Trinajstić information content (AvgIpc) is 2.87. The Balaban J connectivity index is 1.83. The van der Waals surface area contributed by atoms with Gasteiger partial charge in [-0.05, 0) is 25.0 Å². The normalized spacial score (nSPS) is 19.9. The summed E-state index contributed by atoms with van der Waals surface area (Å²) in [7, 11) is -3.24. The molecule has 0 saturated carbocycles. The third kappa shape index (κ3) is 4.53. The second-order valence-electron chi connectivity index (χ2n) is 4.91. The maximum atomic E-state index is 12.0. The smallest absolute Gasteiger partial charge is 0.317 e.